The van der Waals surface area contributed by atoms with Gasteiger partial charge in [-0.3, -0.25) is 14.5 Å². The van der Waals surface area contributed by atoms with Crippen molar-refractivity contribution in [3.63, 3.8) is 0 Å². The number of imide groups is 1. The van der Waals surface area contributed by atoms with Crippen molar-refractivity contribution in [3.05, 3.63) is 54.1 Å². The van der Waals surface area contributed by atoms with Crippen molar-refractivity contribution >= 4 is 23.5 Å². The summed E-state index contributed by atoms with van der Waals surface area (Å²) in [6.07, 6.45) is -4.61. The van der Waals surface area contributed by atoms with Crippen LogP contribution in [0.4, 0.5) is 23.7 Å². The summed E-state index contributed by atoms with van der Waals surface area (Å²) in [5, 5.41) is 5.11. The van der Waals surface area contributed by atoms with E-state index in [4.69, 9.17) is 4.74 Å². The number of urea groups is 1. The molecule has 2 aliphatic rings. The van der Waals surface area contributed by atoms with Gasteiger partial charge in [-0.2, -0.15) is 0 Å². The highest BCUT2D eigenvalue weighted by molar-refractivity contribution is 6.10. The van der Waals surface area contributed by atoms with Crippen LogP contribution in [0.2, 0.25) is 0 Å². The molecule has 8 nitrogen and oxygen atoms in total. The topological polar surface area (TPSA) is 97.0 Å². The van der Waals surface area contributed by atoms with Gasteiger partial charge in [-0.25, -0.2) is 4.79 Å². The maximum atomic E-state index is 13.1. The summed E-state index contributed by atoms with van der Waals surface area (Å²) in [4.78, 5) is 38.8. The van der Waals surface area contributed by atoms with Crippen molar-refractivity contribution in [2.24, 2.45) is 0 Å². The molecule has 2 aromatic carbocycles. The molecule has 1 saturated heterocycles. The zero-order valence-electron chi connectivity index (χ0n) is 15.9. The molecule has 0 unspecified atom stereocenters. The van der Waals surface area contributed by atoms with Gasteiger partial charge in [0.25, 0.3) is 5.91 Å². The number of nitrogens with zero attached hydrogens (tertiary/aromatic N) is 1. The summed E-state index contributed by atoms with van der Waals surface area (Å²) in [6, 6.07) is 10.6. The van der Waals surface area contributed by atoms with Crippen LogP contribution in [0.3, 0.4) is 0 Å². The third-order valence-corrected chi connectivity index (χ3v) is 4.93. The molecule has 2 aliphatic heterocycles. The van der Waals surface area contributed by atoms with E-state index < -0.39 is 42.0 Å². The summed E-state index contributed by atoms with van der Waals surface area (Å²) in [5.74, 6) is -1.22. The first kappa shape index (κ1) is 20.5. The molecule has 0 bridgehead atoms. The van der Waals surface area contributed by atoms with Gasteiger partial charge in [-0.15, -0.1) is 13.2 Å². The molecule has 2 aromatic rings. The van der Waals surface area contributed by atoms with Crippen molar-refractivity contribution in [3.8, 4) is 11.5 Å². The average Bonchev–Trinajstić information content (AvgIpc) is 2.93. The van der Waals surface area contributed by atoms with Gasteiger partial charge in [0.15, 0.2) is 5.54 Å². The van der Waals surface area contributed by atoms with E-state index in [2.05, 4.69) is 15.4 Å². The lowest BCUT2D eigenvalue weighted by atomic mass is 9.84. The molecule has 2 heterocycles. The molecule has 31 heavy (non-hydrogen) atoms. The SMILES string of the molecule is O=C(CN1C(=O)N[C@]2(CCOc3ccccc32)C1=O)Nc1ccc(OC(F)(F)F)cc1. The Kier molecular flexibility index (Phi) is 4.96. The van der Waals surface area contributed by atoms with Crippen LogP contribution in [0.1, 0.15) is 12.0 Å². The standard InChI is InChI=1S/C20H16F3N3O5/c21-20(22,23)31-13-7-5-12(6-8-13)24-16(27)11-26-17(28)19(25-18(26)29)9-10-30-15-4-2-1-3-14(15)19/h1-8H,9-11H2,(H,24,27)(H,25,29)/t19-/m0/s1. The molecule has 2 N–H and O–H groups in total. The number of ether oxygens (including phenoxy) is 2. The van der Waals surface area contributed by atoms with Crippen LogP contribution in [-0.4, -0.2) is 42.3 Å². The minimum Gasteiger partial charge on any atom is -0.493 e. The fraction of sp³-hybridized carbons (Fsp3) is 0.250. The van der Waals surface area contributed by atoms with E-state index in [-0.39, 0.29) is 18.7 Å². The Morgan fingerprint density at radius 3 is 2.58 bits per heavy atom. The maximum Gasteiger partial charge on any atom is 0.573 e. The van der Waals surface area contributed by atoms with Crippen LogP contribution < -0.4 is 20.1 Å². The van der Waals surface area contributed by atoms with Crippen molar-refractivity contribution in [1.29, 1.82) is 0 Å². The molecule has 0 aromatic heterocycles. The van der Waals surface area contributed by atoms with Crippen LogP contribution in [0, 0.1) is 0 Å². The fourth-order valence-corrected chi connectivity index (χ4v) is 3.60. The largest absolute Gasteiger partial charge is 0.573 e. The van der Waals surface area contributed by atoms with E-state index in [0.717, 1.165) is 17.0 Å². The highest BCUT2D eigenvalue weighted by Crippen LogP contribution is 2.40. The summed E-state index contributed by atoms with van der Waals surface area (Å²) in [5.41, 5.74) is -0.608. The van der Waals surface area contributed by atoms with E-state index in [1.807, 2.05) is 0 Å². The number of alkyl halides is 3. The number of benzene rings is 2. The Morgan fingerprint density at radius 1 is 1.16 bits per heavy atom. The number of carbonyl (C=O) groups excluding carboxylic acids is 3. The van der Waals surface area contributed by atoms with Crippen LogP contribution in [0.5, 0.6) is 11.5 Å². The minimum atomic E-state index is -4.83. The molecular weight excluding hydrogens is 419 g/mol. The lowest BCUT2D eigenvalue weighted by Crippen LogP contribution is -2.48. The predicted molar refractivity (Wildman–Crippen MR) is 100 cm³/mol. The van der Waals surface area contributed by atoms with E-state index in [9.17, 15) is 27.6 Å². The van der Waals surface area contributed by atoms with Gasteiger partial charge >= 0.3 is 12.4 Å². The van der Waals surface area contributed by atoms with E-state index in [1.165, 1.54) is 12.1 Å². The Balaban J connectivity index is 1.45. The molecule has 1 spiro atoms. The van der Waals surface area contributed by atoms with Crippen molar-refractivity contribution in [1.82, 2.24) is 10.2 Å². The molecule has 0 radical (unpaired) electrons. The van der Waals surface area contributed by atoms with Gasteiger partial charge in [-0.05, 0) is 30.3 Å². The Labute approximate surface area is 173 Å². The molecule has 11 heteroatoms. The van der Waals surface area contributed by atoms with Gasteiger partial charge in [0.05, 0.1) is 6.61 Å². The summed E-state index contributed by atoms with van der Waals surface area (Å²) < 4.78 is 46.0. The molecule has 1 fully saturated rings. The first-order chi connectivity index (χ1) is 14.7. The van der Waals surface area contributed by atoms with E-state index in [0.29, 0.717) is 11.3 Å². The number of rotatable bonds is 4. The quantitative estimate of drug-likeness (QED) is 0.720. The number of para-hydroxylation sites is 1. The number of hydrogen-bond donors (Lipinski definition) is 2. The number of anilines is 1. The first-order valence-electron chi connectivity index (χ1n) is 9.20. The Bertz CT molecular complexity index is 1040. The number of hydrogen-bond acceptors (Lipinski definition) is 5. The summed E-state index contributed by atoms with van der Waals surface area (Å²) in [6.45, 7) is -0.342. The Hall–Kier alpha value is -3.76. The summed E-state index contributed by atoms with van der Waals surface area (Å²) >= 11 is 0. The lowest BCUT2D eigenvalue weighted by molar-refractivity contribution is -0.274. The van der Waals surface area contributed by atoms with Crippen LogP contribution in [0.25, 0.3) is 0 Å². The zero-order chi connectivity index (χ0) is 22.2. The number of carbonyl (C=O) groups is 3. The van der Waals surface area contributed by atoms with Gasteiger partial charge in [0.2, 0.25) is 5.91 Å². The molecule has 0 aliphatic carbocycles. The highest BCUT2D eigenvalue weighted by atomic mass is 19.4. The van der Waals surface area contributed by atoms with Gasteiger partial charge in [-0.1, -0.05) is 18.2 Å². The fourth-order valence-electron chi connectivity index (χ4n) is 3.60. The average molecular weight is 435 g/mol. The molecule has 4 rings (SSSR count). The van der Waals surface area contributed by atoms with Gasteiger partial charge in [0, 0.05) is 17.7 Å². The second kappa shape index (κ2) is 7.49. The number of nitrogens with one attached hydrogen (secondary N) is 2. The highest BCUT2D eigenvalue weighted by Gasteiger charge is 2.55. The molecule has 162 valence electrons. The summed E-state index contributed by atoms with van der Waals surface area (Å²) in [7, 11) is 0. The van der Waals surface area contributed by atoms with Crippen molar-refractivity contribution in [2.45, 2.75) is 18.3 Å². The smallest absolute Gasteiger partial charge is 0.493 e. The normalized spacial score (nSPS) is 20.2. The minimum absolute atomic E-state index is 0.178. The second-order valence-electron chi connectivity index (χ2n) is 6.94. The molecule has 4 amide bonds. The van der Waals surface area contributed by atoms with Crippen molar-refractivity contribution in [2.75, 3.05) is 18.5 Å². The second-order valence-corrected chi connectivity index (χ2v) is 6.94. The lowest BCUT2D eigenvalue weighted by Gasteiger charge is -2.33. The number of halogens is 3. The van der Waals surface area contributed by atoms with Gasteiger partial charge in [0.1, 0.15) is 18.0 Å². The maximum absolute atomic E-state index is 13.1. The monoisotopic (exact) mass is 435 g/mol. The molecule has 1 atom stereocenters. The Morgan fingerprint density at radius 2 is 1.87 bits per heavy atom. The van der Waals surface area contributed by atoms with E-state index in [1.54, 1.807) is 24.3 Å². The van der Waals surface area contributed by atoms with Gasteiger partial charge < -0.3 is 20.1 Å². The molecule has 0 saturated carbocycles. The number of amides is 4. The predicted octanol–water partition coefficient (Wildman–Crippen LogP) is 2.75. The van der Waals surface area contributed by atoms with E-state index >= 15 is 0 Å². The van der Waals surface area contributed by atoms with Crippen LogP contribution >= 0.6 is 0 Å². The van der Waals surface area contributed by atoms with Crippen LogP contribution in [-0.2, 0) is 15.1 Å². The number of fused-ring (bicyclic) bond motifs is 2. The zero-order valence-corrected chi connectivity index (χ0v) is 15.9. The third-order valence-electron chi connectivity index (χ3n) is 4.93. The van der Waals surface area contributed by atoms with Crippen LogP contribution in [0.15, 0.2) is 48.5 Å². The first-order valence-corrected chi connectivity index (χ1v) is 9.20. The third kappa shape index (κ3) is 3.98. The molecular formula is C20H16F3N3O5. The van der Waals surface area contributed by atoms with Crippen molar-refractivity contribution < 1.29 is 37.0 Å².